The summed E-state index contributed by atoms with van der Waals surface area (Å²) >= 11 is 7.75. The van der Waals surface area contributed by atoms with Gasteiger partial charge in [0.25, 0.3) is 0 Å². The van der Waals surface area contributed by atoms with Gasteiger partial charge < -0.3 is 10.1 Å². The van der Waals surface area contributed by atoms with Gasteiger partial charge in [0.2, 0.25) is 5.91 Å². The number of nitrogens with one attached hydrogen (secondary N) is 1. The number of ether oxygens (including phenoxy) is 1. The summed E-state index contributed by atoms with van der Waals surface area (Å²) < 4.78 is 5.54. The Labute approximate surface area is 164 Å². The Kier molecular flexibility index (Phi) is 6.63. The Morgan fingerprint density at radius 1 is 1.15 bits per heavy atom. The lowest BCUT2D eigenvalue weighted by Crippen LogP contribution is -2.51. The van der Waals surface area contributed by atoms with Crippen molar-refractivity contribution >= 4 is 29.3 Å². The number of hydrogen-bond acceptors (Lipinski definition) is 3. The molecule has 1 atom stereocenters. The van der Waals surface area contributed by atoms with Crippen molar-refractivity contribution in [1.29, 1.82) is 0 Å². The van der Waals surface area contributed by atoms with Crippen LogP contribution in [-0.4, -0.2) is 24.9 Å². The van der Waals surface area contributed by atoms with Gasteiger partial charge in [0.1, 0.15) is 0 Å². The molecule has 2 aromatic carbocycles. The molecule has 3 nitrogen and oxygen atoms in total. The summed E-state index contributed by atoms with van der Waals surface area (Å²) in [6.07, 6.45) is 1.55. The van der Waals surface area contributed by atoms with E-state index < -0.39 is 0 Å². The second kappa shape index (κ2) is 8.94. The highest BCUT2D eigenvalue weighted by atomic mass is 35.5. The zero-order chi connectivity index (χ0) is 18.4. The van der Waals surface area contributed by atoms with Gasteiger partial charge in [0.15, 0.2) is 0 Å². The molecule has 1 unspecified atom stereocenters. The lowest BCUT2D eigenvalue weighted by molar-refractivity contribution is -0.127. The molecule has 0 saturated carbocycles. The highest BCUT2D eigenvalue weighted by molar-refractivity contribution is 7.99. The van der Waals surface area contributed by atoms with Gasteiger partial charge in [-0.05, 0) is 42.7 Å². The summed E-state index contributed by atoms with van der Waals surface area (Å²) in [5.41, 5.74) is 0.729. The van der Waals surface area contributed by atoms with Gasteiger partial charge in [0, 0.05) is 34.8 Å². The van der Waals surface area contributed by atoms with Gasteiger partial charge in [0.05, 0.1) is 5.54 Å². The van der Waals surface area contributed by atoms with Gasteiger partial charge in [-0.25, -0.2) is 0 Å². The van der Waals surface area contributed by atoms with Crippen molar-refractivity contribution in [3.8, 4) is 0 Å². The molecular formula is C21H24ClNO2S. The molecule has 1 saturated heterocycles. The number of benzene rings is 2. The summed E-state index contributed by atoms with van der Waals surface area (Å²) in [7, 11) is 0. The lowest BCUT2D eigenvalue weighted by atomic mass is 9.82. The Bertz CT molecular complexity index is 715. The molecule has 1 aliphatic heterocycles. The quantitative estimate of drug-likeness (QED) is 0.715. The third-order valence-corrected chi connectivity index (χ3v) is 6.32. The number of carbonyl (C=O) groups excluding carboxylic acids is 1. The molecule has 0 bridgehead atoms. The van der Waals surface area contributed by atoms with Crippen LogP contribution in [0.4, 0.5) is 0 Å². The predicted octanol–water partition coefficient (Wildman–Crippen LogP) is 4.89. The second-order valence-electron chi connectivity index (χ2n) is 6.72. The van der Waals surface area contributed by atoms with Crippen LogP contribution in [0.15, 0.2) is 59.5 Å². The van der Waals surface area contributed by atoms with E-state index in [1.165, 1.54) is 4.90 Å². The molecule has 0 spiro atoms. The fraction of sp³-hybridized carbons (Fsp3) is 0.381. The first-order valence-electron chi connectivity index (χ1n) is 8.93. The fourth-order valence-electron chi connectivity index (χ4n) is 3.15. The van der Waals surface area contributed by atoms with Crippen molar-refractivity contribution in [3.05, 3.63) is 65.2 Å². The third-order valence-electron chi connectivity index (χ3n) is 4.80. The van der Waals surface area contributed by atoms with E-state index in [0.29, 0.717) is 18.2 Å². The van der Waals surface area contributed by atoms with Gasteiger partial charge in [-0.1, -0.05) is 48.9 Å². The summed E-state index contributed by atoms with van der Waals surface area (Å²) in [6, 6.07) is 18.0. The van der Waals surface area contributed by atoms with Crippen molar-refractivity contribution in [3.63, 3.8) is 0 Å². The number of hydrogen-bond donors (Lipinski definition) is 1. The molecule has 2 aromatic rings. The summed E-state index contributed by atoms with van der Waals surface area (Å²) in [6.45, 7) is 3.28. The first kappa shape index (κ1) is 19.3. The zero-order valence-corrected chi connectivity index (χ0v) is 16.5. The number of carbonyl (C=O) groups is 1. The van der Waals surface area contributed by atoms with E-state index in [-0.39, 0.29) is 17.4 Å². The van der Waals surface area contributed by atoms with E-state index in [0.717, 1.165) is 24.2 Å². The normalized spacial score (nSPS) is 17.5. The highest BCUT2D eigenvalue weighted by Gasteiger charge is 2.36. The molecule has 1 fully saturated rings. The van der Waals surface area contributed by atoms with Crippen molar-refractivity contribution in [2.45, 2.75) is 30.2 Å². The van der Waals surface area contributed by atoms with Crippen LogP contribution in [0, 0.1) is 5.92 Å². The number of rotatable bonds is 6. The first-order chi connectivity index (χ1) is 12.6. The van der Waals surface area contributed by atoms with Crippen molar-refractivity contribution < 1.29 is 9.53 Å². The Morgan fingerprint density at radius 3 is 2.46 bits per heavy atom. The number of thioether (sulfide) groups is 1. The van der Waals surface area contributed by atoms with Crippen LogP contribution in [0.2, 0.25) is 5.02 Å². The van der Waals surface area contributed by atoms with Crippen molar-refractivity contribution in [2.75, 3.05) is 19.0 Å². The summed E-state index contributed by atoms with van der Waals surface area (Å²) in [5.74, 6) is 0.765. The van der Waals surface area contributed by atoms with Gasteiger partial charge in [-0.2, -0.15) is 0 Å². The third kappa shape index (κ3) is 4.81. The minimum absolute atomic E-state index is 0.0766. The number of amides is 1. The van der Waals surface area contributed by atoms with Crippen LogP contribution >= 0.6 is 23.4 Å². The minimum Gasteiger partial charge on any atom is -0.381 e. The van der Waals surface area contributed by atoms with Crippen LogP contribution in [0.5, 0.6) is 0 Å². The average molecular weight is 390 g/mol. The highest BCUT2D eigenvalue weighted by Crippen LogP contribution is 2.33. The topological polar surface area (TPSA) is 38.3 Å². The van der Waals surface area contributed by atoms with Gasteiger partial charge >= 0.3 is 0 Å². The molecule has 1 heterocycles. The molecule has 5 heteroatoms. The summed E-state index contributed by atoms with van der Waals surface area (Å²) in [4.78, 5) is 14.1. The van der Waals surface area contributed by atoms with E-state index >= 15 is 0 Å². The van der Waals surface area contributed by atoms with Crippen molar-refractivity contribution in [1.82, 2.24) is 5.32 Å². The lowest BCUT2D eigenvalue weighted by Gasteiger charge is -2.39. The standard InChI is InChI=1S/C21H24ClNO2S/c1-16(15-26-19-5-3-2-4-6-19)20(24)23-21(11-13-25-14-12-21)17-7-9-18(22)10-8-17/h2-10,16H,11-15H2,1H3,(H,23,24). The maximum Gasteiger partial charge on any atom is 0.224 e. The smallest absolute Gasteiger partial charge is 0.224 e. The van der Waals surface area contributed by atoms with Crippen LogP contribution in [0.3, 0.4) is 0 Å². The van der Waals surface area contributed by atoms with Crippen LogP contribution in [-0.2, 0) is 15.1 Å². The van der Waals surface area contributed by atoms with E-state index in [1.54, 1.807) is 11.8 Å². The van der Waals surface area contributed by atoms with E-state index in [4.69, 9.17) is 16.3 Å². The summed E-state index contributed by atoms with van der Waals surface area (Å²) in [5, 5.41) is 4.03. The molecule has 1 N–H and O–H groups in total. The van der Waals surface area contributed by atoms with E-state index in [2.05, 4.69) is 17.4 Å². The Balaban J connectivity index is 1.68. The maximum absolute atomic E-state index is 12.9. The SMILES string of the molecule is CC(CSc1ccccc1)C(=O)NC1(c2ccc(Cl)cc2)CCOCC1. The van der Waals surface area contributed by atoms with Gasteiger partial charge in [-0.3, -0.25) is 4.79 Å². The molecular weight excluding hydrogens is 366 g/mol. The molecule has 138 valence electrons. The molecule has 1 amide bonds. The van der Waals surface area contributed by atoms with Crippen LogP contribution in [0.25, 0.3) is 0 Å². The first-order valence-corrected chi connectivity index (χ1v) is 10.3. The second-order valence-corrected chi connectivity index (χ2v) is 8.25. The predicted molar refractivity (Wildman–Crippen MR) is 108 cm³/mol. The van der Waals surface area contributed by atoms with Crippen molar-refractivity contribution in [2.24, 2.45) is 5.92 Å². The molecule has 26 heavy (non-hydrogen) atoms. The van der Waals surface area contributed by atoms with Crippen LogP contribution < -0.4 is 5.32 Å². The Hall–Kier alpha value is -1.49. The molecule has 3 rings (SSSR count). The molecule has 0 radical (unpaired) electrons. The zero-order valence-electron chi connectivity index (χ0n) is 14.9. The van der Waals surface area contributed by atoms with E-state index in [1.807, 2.05) is 49.4 Å². The molecule has 0 aromatic heterocycles. The monoisotopic (exact) mass is 389 g/mol. The maximum atomic E-state index is 12.9. The minimum atomic E-state index is -0.369. The van der Waals surface area contributed by atoms with E-state index in [9.17, 15) is 4.79 Å². The van der Waals surface area contributed by atoms with Gasteiger partial charge in [-0.15, -0.1) is 11.8 Å². The average Bonchev–Trinajstić information content (AvgIpc) is 2.68. The van der Waals surface area contributed by atoms with Crippen LogP contribution in [0.1, 0.15) is 25.3 Å². The Morgan fingerprint density at radius 2 is 1.81 bits per heavy atom. The largest absolute Gasteiger partial charge is 0.381 e. The molecule has 0 aliphatic carbocycles. The fourth-order valence-corrected chi connectivity index (χ4v) is 4.22. The number of halogens is 1. The molecule has 1 aliphatic rings.